The van der Waals surface area contributed by atoms with Gasteiger partial charge >= 0.3 is 5.00 Å². The van der Waals surface area contributed by atoms with Gasteiger partial charge in [-0.25, -0.2) is 0 Å². The minimum absolute atomic E-state index is 0.0306. The van der Waals surface area contributed by atoms with Crippen LogP contribution >= 0.6 is 23.6 Å². The third kappa shape index (κ3) is 2.93. The Morgan fingerprint density at radius 2 is 2.17 bits per heavy atom. The molecular weight excluding hydrogens is 346 g/mol. The molecule has 0 spiro atoms. The van der Waals surface area contributed by atoms with E-state index < -0.39 is 4.92 Å². The third-order valence-electron chi connectivity index (χ3n) is 3.59. The van der Waals surface area contributed by atoms with Crippen LogP contribution in [0.15, 0.2) is 41.4 Å². The molecule has 0 saturated carbocycles. The standard InChI is InChI=1S/C16H13N3O3S2/c1-2-11-5-3-4-6-13(11)18-15(20)12(17-16(18)23)7-10-8-14(19(21)22)24-9-10/h3-9H,2H2,1H3,(H,17,23)/b12-7-. The van der Waals surface area contributed by atoms with Crippen LogP contribution in [-0.4, -0.2) is 15.9 Å². The minimum atomic E-state index is -0.453. The molecule has 8 heteroatoms. The fourth-order valence-electron chi connectivity index (χ4n) is 2.46. The van der Waals surface area contributed by atoms with Gasteiger partial charge in [0.15, 0.2) is 5.11 Å². The molecule has 1 aliphatic rings. The number of para-hydroxylation sites is 1. The van der Waals surface area contributed by atoms with E-state index in [4.69, 9.17) is 12.2 Å². The van der Waals surface area contributed by atoms with Crippen LogP contribution in [0, 0.1) is 10.1 Å². The maximum absolute atomic E-state index is 12.7. The topological polar surface area (TPSA) is 75.5 Å². The number of hydrogen-bond donors (Lipinski definition) is 1. The first kappa shape index (κ1) is 16.3. The molecular formula is C16H13N3O3S2. The van der Waals surface area contributed by atoms with E-state index in [0.717, 1.165) is 29.0 Å². The highest BCUT2D eigenvalue weighted by Crippen LogP contribution is 2.28. The van der Waals surface area contributed by atoms with Crippen LogP contribution in [0.25, 0.3) is 6.08 Å². The molecule has 122 valence electrons. The zero-order valence-corrected chi connectivity index (χ0v) is 14.3. The number of thiocarbonyl (C=S) groups is 1. The van der Waals surface area contributed by atoms with Crippen molar-refractivity contribution in [1.82, 2.24) is 5.32 Å². The van der Waals surface area contributed by atoms with Crippen molar-refractivity contribution < 1.29 is 9.72 Å². The predicted molar refractivity (Wildman–Crippen MR) is 98.0 cm³/mol. The Labute approximate surface area is 147 Å². The van der Waals surface area contributed by atoms with Gasteiger partial charge in [-0.3, -0.25) is 19.8 Å². The number of anilines is 1. The molecule has 0 unspecified atom stereocenters. The smallest absolute Gasteiger partial charge is 0.324 e. The van der Waals surface area contributed by atoms with Crippen molar-refractivity contribution in [2.75, 3.05) is 4.90 Å². The Balaban J connectivity index is 1.94. The molecule has 0 bridgehead atoms. The van der Waals surface area contributed by atoms with E-state index in [1.807, 2.05) is 31.2 Å². The summed E-state index contributed by atoms with van der Waals surface area (Å²) >= 11 is 6.31. The van der Waals surface area contributed by atoms with Crippen molar-refractivity contribution in [2.45, 2.75) is 13.3 Å². The van der Waals surface area contributed by atoms with Crippen molar-refractivity contribution in [1.29, 1.82) is 0 Å². The second-order valence-electron chi connectivity index (χ2n) is 5.09. The zero-order chi connectivity index (χ0) is 17.3. The summed E-state index contributed by atoms with van der Waals surface area (Å²) in [6.45, 7) is 2.01. The van der Waals surface area contributed by atoms with Gasteiger partial charge in [0.2, 0.25) is 0 Å². The summed E-state index contributed by atoms with van der Waals surface area (Å²) in [5.41, 5.74) is 2.67. The number of aryl methyl sites for hydroxylation is 1. The van der Waals surface area contributed by atoms with Gasteiger partial charge in [0.05, 0.1) is 10.6 Å². The van der Waals surface area contributed by atoms with Crippen molar-refractivity contribution in [3.8, 4) is 0 Å². The largest absolute Gasteiger partial charge is 0.327 e. The zero-order valence-electron chi connectivity index (χ0n) is 12.7. The van der Waals surface area contributed by atoms with Crippen LogP contribution in [0.2, 0.25) is 0 Å². The highest BCUT2D eigenvalue weighted by molar-refractivity contribution is 7.80. The van der Waals surface area contributed by atoms with Crippen LogP contribution in [0.4, 0.5) is 10.7 Å². The lowest BCUT2D eigenvalue weighted by molar-refractivity contribution is -0.380. The third-order valence-corrected chi connectivity index (χ3v) is 4.77. The lowest BCUT2D eigenvalue weighted by Crippen LogP contribution is -2.31. The number of carbonyl (C=O) groups is 1. The molecule has 2 heterocycles. The second-order valence-corrected chi connectivity index (χ2v) is 6.36. The summed E-state index contributed by atoms with van der Waals surface area (Å²) in [7, 11) is 0. The number of nitro groups is 1. The molecule has 2 aromatic rings. The molecule has 1 fully saturated rings. The van der Waals surface area contributed by atoms with Crippen molar-refractivity contribution in [2.24, 2.45) is 0 Å². The highest BCUT2D eigenvalue weighted by Gasteiger charge is 2.33. The quantitative estimate of drug-likeness (QED) is 0.391. The van der Waals surface area contributed by atoms with E-state index in [-0.39, 0.29) is 10.9 Å². The number of thiophene rings is 1. The number of amides is 1. The maximum atomic E-state index is 12.7. The van der Waals surface area contributed by atoms with E-state index in [0.29, 0.717) is 16.4 Å². The van der Waals surface area contributed by atoms with Gasteiger partial charge in [0.1, 0.15) is 5.70 Å². The molecule has 1 aliphatic heterocycles. The number of nitrogens with one attached hydrogen (secondary N) is 1. The molecule has 3 rings (SSSR count). The summed E-state index contributed by atoms with van der Waals surface area (Å²) in [6.07, 6.45) is 2.35. The summed E-state index contributed by atoms with van der Waals surface area (Å²) in [4.78, 5) is 24.5. The van der Waals surface area contributed by atoms with Crippen LogP contribution < -0.4 is 10.2 Å². The Morgan fingerprint density at radius 1 is 1.42 bits per heavy atom. The average molecular weight is 359 g/mol. The fraction of sp³-hybridized carbons (Fsp3) is 0.125. The summed E-state index contributed by atoms with van der Waals surface area (Å²) in [5, 5.41) is 15.6. The molecule has 0 atom stereocenters. The summed E-state index contributed by atoms with van der Waals surface area (Å²) in [5.74, 6) is -0.269. The Morgan fingerprint density at radius 3 is 2.83 bits per heavy atom. The lowest BCUT2D eigenvalue weighted by atomic mass is 10.1. The monoisotopic (exact) mass is 359 g/mol. The first-order chi connectivity index (χ1) is 11.5. The molecule has 1 aromatic heterocycles. The number of benzene rings is 1. The van der Waals surface area contributed by atoms with Crippen LogP contribution in [0.3, 0.4) is 0 Å². The van der Waals surface area contributed by atoms with Gasteiger partial charge in [-0.05, 0) is 41.9 Å². The minimum Gasteiger partial charge on any atom is -0.327 e. The highest BCUT2D eigenvalue weighted by atomic mass is 32.1. The normalized spacial score (nSPS) is 15.9. The molecule has 6 nitrogen and oxygen atoms in total. The van der Waals surface area contributed by atoms with E-state index in [9.17, 15) is 14.9 Å². The first-order valence-corrected chi connectivity index (χ1v) is 8.48. The average Bonchev–Trinajstić information content (AvgIpc) is 3.13. The molecule has 1 aromatic carbocycles. The molecule has 1 amide bonds. The van der Waals surface area contributed by atoms with Gasteiger partial charge in [-0.15, -0.1) is 0 Å². The van der Waals surface area contributed by atoms with Gasteiger partial charge in [0, 0.05) is 11.4 Å². The Bertz CT molecular complexity index is 873. The number of nitrogens with zero attached hydrogens (tertiary/aromatic N) is 2. The number of carbonyl (C=O) groups excluding carboxylic acids is 1. The molecule has 1 saturated heterocycles. The summed E-state index contributed by atoms with van der Waals surface area (Å²) < 4.78 is 0. The number of hydrogen-bond acceptors (Lipinski definition) is 5. The number of rotatable bonds is 4. The van der Waals surface area contributed by atoms with Gasteiger partial charge < -0.3 is 5.32 Å². The Kier molecular flexibility index (Phi) is 4.41. The van der Waals surface area contributed by atoms with E-state index in [1.54, 1.807) is 11.5 Å². The van der Waals surface area contributed by atoms with Gasteiger partial charge in [-0.2, -0.15) is 0 Å². The van der Waals surface area contributed by atoms with Crippen LogP contribution in [-0.2, 0) is 11.2 Å². The predicted octanol–water partition coefficient (Wildman–Crippen LogP) is 3.48. The van der Waals surface area contributed by atoms with Crippen molar-refractivity contribution in [3.05, 3.63) is 62.7 Å². The van der Waals surface area contributed by atoms with E-state index in [1.165, 1.54) is 11.0 Å². The van der Waals surface area contributed by atoms with Crippen molar-refractivity contribution in [3.63, 3.8) is 0 Å². The maximum Gasteiger partial charge on any atom is 0.324 e. The van der Waals surface area contributed by atoms with E-state index in [2.05, 4.69) is 5.32 Å². The molecule has 0 aliphatic carbocycles. The fourth-order valence-corrected chi connectivity index (χ4v) is 3.43. The Hall–Kier alpha value is -2.58. The van der Waals surface area contributed by atoms with Crippen LogP contribution in [0.5, 0.6) is 0 Å². The van der Waals surface area contributed by atoms with E-state index >= 15 is 0 Å². The lowest BCUT2D eigenvalue weighted by Gasteiger charge is -2.17. The molecule has 1 N–H and O–H groups in total. The SMILES string of the molecule is CCc1ccccc1N1C(=O)/C(=C/c2csc([N+](=O)[O-])c2)NC1=S. The van der Waals surface area contributed by atoms with Gasteiger partial charge in [0.25, 0.3) is 5.91 Å². The van der Waals surface area contributed by atoms with Gasteiger partial charge in [-0.1, -0.05) is 36.5 Å². The second kappa shape index (κ2) is 6.50. The van der Waals surface area contributed by atoms with Crippen molar-refractivity contribution >= 4 is 51.3 Å². The van der Waals surface area contributed by atoms with Crippen LogP contribution in [0.1, 0.15) is 18.1 Å². The molecule has 24 heavy (non-hydrogen) atoms. The first-order valence-electron chi connectivity index (χ1n) is 7.19. The molecule has 0 radical (unpaired) electrons. The summed E-state index contributed by atoms with van der Waals surface area (Å²) in [6, 6.07) is 9.01.